The van der Waals surface area contributed by atoms with Gasteiger partial charge in [-0.05, 0) is 61.1 Å². The third kappa shape index (κ3) is 6.55. The lowest BCUT2D eigenvalue weighted by molar-refractivity contribution is -0.299. The molecule has 4 rings (SSSR count). The van der Waals surface area contributed by atoms with Crippen LogP contribution in [0.1, 0.15) is 64.2 Å². The minimum absolute atomic E-state index is 0.241. The molecule has 2 heterocycles. The van der Waals surface area contributed by atoms with Crippen LogP contribution < -0.4 is 4.74 Å². The monoisotopic (exact) mass is 602 g/mol. The van der Waals surface area contributed by atoms with Crippen molar-refractivity contribution in [1.29, 1.82) is 0 Å². The molecule has 42 heavy (non-hydrogen) atoms. The van der Waals surface area contributed by atoms with Gasteiger partial charge in [0.1, 0.15) is 23.6 Å². The quantitative estimate of drug-likeness (QED) is 0.285. The van der Waals surface area contributed by atoms with Crippen molar-refractivity contribution in [3.63, 3.8) is 0 Å². The molecular weight excluding hydrogens is 568 g/mol. The van der Waals surface area contributed by atoms with Gasteiger partial charge in [0.15, 0.2) is 18.3 Å². The first-order valence-corrected chi connectivity index (χ1v) is 14.1. The van der Waals surface area contributed by atoms with Crippen LogP contribution in [-0.2, 0) is 54.9 Å². The number of fused-ring (bicyclic) bond motifs is 2. The van der Waals surface area contributed by atoms with Gasteiger partial charge in [-0.1, -0.05) is 35.9 Å². The molecule has 0 saturated carbocycles. The summed E-state index contributed by atoms with van der Waals surface area (Å²) in [5.41, 5.74) is -0.354. The molecule has 0 N–H and O–H groups in total. The van der Waals surface area contributed by atoms with Crippen molar-refractivity contribution in [3.05, 3.63) is 64.2 Å². The van der Waals surface area contributed by atoms with E-state index in [1.807, 2.05) is 37.3 Å². The number of benzene rings is 2. The highest BCUT2D eigenvalue weighted by atomic mass is 35.5. The fraction of sp³-hybridized carbons (Fsp3) is 0.484. The zero-order valence-electron chi connectivity index (χ0n) is 24.3. The summed E-state index contributed by atoms with van der Waals surface area (Å²) in [6.07, 6.45) is -2.69. The molecule has 2 bridgehead atoms. The van der Waals surface area contributed by atoms with Crippen molar-refractivity contribution in [3.8, 4) is 5.75 Å². The molecule has 2 aromatic carbocycles. The van der Waals surface area contributed by atoms with E-state index in [-0.39, 0.29) is 19.4 Å². The van der Waals surface area contributed by atoms with E-state index in [0.717, 1.165) is 16.9 Å². The molecule has 0 amide bonds. The number of rotatable bonds is 10. The lowest BCUT2D eigenvalue weighted by Gasteiger charge is -2.51. The number of carbonyl (C=O) groups excluding carboxylic acids is 4. The van der Waals surface area contributed by atoms with Gasteiger partial charge < -0.3 is 28.4 Å². The van der Waals surface area contributed by atoms with Crippen LogP contribution in [0.25, 0.3) is 0 Å². The summed E-state index contributed by atoms with van der Waals surface area (Å²) in [7, 11) is 0. The van der Waals surface area contributed by atoms with Crippen molar-refractivity contribution < 1.29 is 47.6 Å². The van der Waals surface area contributed by atoms with E-state index in [4.69, 9.17) is 40.0 Å². The topological polar surface area (TPSA) is 124 Å². The summed E-state index contributed by atoms with van der Waals surface area (Å²) in [4.78, 5) is 48.8. The molecule has 11 heteroatoms. The second kappa shape index (κ2) is 12.7. The molecule has 0 aliphatic carbocycles. The maximum atomic E-state index is 12.4. The first-order valence-electron chi connectivity index (χ1n) is 13.7. The summed E-state index contributed by atoms with van der Waals surface area (Å²) < 4.78 is 34.8. The first kappa shape index (κ1) is 31.3. The van der Waals surface area contributed by atoms with E-state index in [1.165, 1.54) is 27.7 Å². The lowest BCUT2D eigenvalue weighted by Crippen LogP contribution is -2.67. The zero-order chi connectivity index (χ0) is 30.7. The average molecular weight is 603 g/mol. The van der Waals surface area contributed by atoms with Gasteiger partial charge >= 0.3 is 23.9 Å². The summed E-state index contributed by atoms with van der Waals surface area (Å²) in [5, 5.41) is 0.516. The average Bonchev–Trinajstić information content (AvgIpc) is 3.28. The molecule has 2 saturated heterocycles. The van der Waals surface area contributed by atoms with Crippen molar-refractivity contribution in [2.75, 3.05) is 13.2 Å². The van der Waals surface area contributed by atoms with Crippen LogP contribution in [0.5, 0.6) is 5.75 Å². The highest BCUT2D eigenvalue weighted by molar-refractivity contribution is 6.31. The van der Waals surface area contributed by atoms with E-state index >= 15 is 0 Å². The van der Waals surface area contributed by atoms with Gasteiger partial charge in [0.25, 0.3) is 0 Å². The number of carbonyl (C=O) groups is 4. The van der Waals surface area contributed by atoms with Gasteiger partial charge in [0, 0.05) is 32.7 Å². The van der Waals surface area contributed by atoms with E-state index in [1.54, 1.807) is 12.1 Å². The smallest absolute Gasteiger partial charge is 0.303 e. The molecule has 0 spiro atoms. The second-order valence-electron chi connectivity index (χ2n) is 10.5. The highest BCUT2D eigenvalue weighted by Crippen LogP contribution is 2.56. The molecule has 5 atom stereocenters. The third-order valence-electron chi connectivity index (χ3n) is 7.45. The van der Waals surface area contributed by atoms with Gasteiger partial charge in [-0.3, -0.25) is 19.2 Å². The Bertz CT molecular complexity index is 1340. The fourth-order valence-electron chi connectivity index (χ4n) is 5.83. The second-order valence-corrected chi connectivity index (χ2v) is 10.9. The van der Waals surface area contributed by atoms with Gasteiger partial charge in [-0.15, -0.1) is 0 Å². The molecular formula is C31H35ClO10. The number of esters is 4. The predicted octanol–water partition coefficient (Wildman–Crippen LogP) is 4.45. The summed E-state index contributed by atoms with van der Waals surface area (Å²) >= 11 is 6.64. The van der Waals surface area contributed by atoms with E-state index in [2.05, 4.69) is 0 Å². The van der Waals surface area contributed by atoms with Gasteiger partial charge in [0.05, 0.1) is 6.61 Å². The van der Waals surface area contributed by atoms with Crippen molar-refractivity contribution >= 4 is 35.5 Å². The Morgan fingerprint density at radius 1 is 0.857 bits per heavy atom. The first-order chi connectivity index (χ1) is 19.9. The Morgan fingerprint density at radius 2 is 1.50 bits per heavy atom. The van der Waals surface area contributed by atoms with E-state index in [0.29, 0.717) is 23.6 Å². The maximum Gasteiger partial charge on any atom is 0.303 e. The van der Waals surface area contributed by atoms with Gasteiger partial charge in [0.2, 0.25) is 0 Å². The van der Waals surface area contributed by atoms with Crippen molar-refractivity contribution in [1.82, 2.24) is 0 Å². The summed E-state index contributed by atoms with van der Waals surface area (Å²) in [5.74, 6) is -1.81. The van der Waals surface area contributed by atoms with E-state index < -0.39 is 53.4 Å². The minimum atomic E-state index is -1.39. The molecule has 2 fully saturated rings. The molecule has 2 aromatic rings. The van der Waals surface area contributed by atoms with Crippen molar-refractivity contribution in [2.45, 2.75) is 83.4 Å². The Kier molecular flexibility index (Phi) is 9.47. The SMILES string of the molecule is CCOc1ccc(Cc2cc([C@]34CC[C@](COC(C)=O)(O3)[C@@H](OC(C)=O)[C@H](OC(C)=O)[C@H]4OC(C)=O)ccc2Cl)cc1. The van der Waals surface area contributed by atoms with Gasteiger partial charge in [-0.25, -0.2) is 0 Å². The molecule has 0 aromatic heterocycles. The Morgan fingerprint density at radius 3 is 2.10 bits per heavy atom. The van der Waals surface area contributed by atoms with Crippen LogP contribution in [0, 0.1) is 0 Å². The summed E-state index contributed by atoms with van der Waals surface area (Å²) in [6.45, 7) is 7.08. The molecule has 2 aliphatic rings. The van der Waals surface area contributed by atoms with Crippen LogP contribution in [0.2, 0.25) is 5.02 Å². The lowest BCUT2D eigenvalue weighted by atomic mass is 9.80. The molecule has 226 valence electrons. The third-order valence-corrected chi connectivity index (χ3v) is 7.82. The largest absolute Gasteiger partial charge is 0.494 e. The Balaban J connectivity index is 1.82. The van der Waals surface area contributed by atoms with Crippen LogP contribution in [0.4, 0.5) is 0 Å². The van der Waals surface area contributed by atoms with Crippen LogP contribution >= 0.6 is 11.6 Å². The van der Waals surface area contributed by atoms with Crippen LogP contribution in [0.15, 0.2) is 42.5 Å². The predicted molar refractivity (Wildman–Crippen MR) is 150 cm³/mol. The number of hydrogen-bond acceptors (Lipinski definition) is 10. The Labute approximate surface area is 249 Å². The fourth-order valence-corrected chi connectivity index (χ4v) is 6.02. The van der Waals surface area contributed by atoms with E-state index in [9.17, 15) is 19.2 Å². The normalized spacial score (nSPS) is 26.2. The molecule has 0 unspecified atom stereocenters. The van der Waals surface area contributed by atoms with Crippen LogP contribution in [-0.4, -0.2) is 61.0 Å². The van der Waals surface area contributed by atoms with Gasteiger partial charge in [-0.2, -0.15) is 0 Å². The standard InChI is InChI=1S/C31H35ClO10/c1-6-37-25-10-7-22(8-11-25)15-23-16-24(9-12-26(23)32)31-14-13-30(42-31,17-38-18(2)33)28(40-20(4)35)27(39-19(3)34)29(31)41-21(5)36/h7-12,16,27-29H,6,13-15,17H2,1-5H3/t27-,28-,29+,30+,31-/m0/s1. The minimum Gasteiger partial charge on any atom is -0.494 e. The zero-order valence-corrected chi connectivity index (χ0v) is 25.0. The Hall–Kier alpha value is -3.63. The van der Waals surface area contributed by atoms with Crippen molar-refractivity contribution in [2.24, 2.45) is 0 Å². The molecule has 0 radical (unpaired) electrons. The number of halogens is 1. The summed E-state index contributed by atoms with van der Waals surface area (Å²) in [6, 6.07) is 13.0. The molecule has 10 nitrogen and oxygen atoms in total. The number of hydrogen-bond donors (Lipinski definition) is 0. The van der Waals surface area contributed by atoms with Crippen LogP contribution in [0.3, 0.4) is 0 Å². The molecule has 2 aliphatic heterocycles. The maximum absolute atomic E-state index is 12.4. The number of ether oxygens (including phenoxy) is 6. The highest BCUT2D eigenvalue weighted by Gasteiger charge is 2.70.